The Kier molecular flexibility index (Phi) is 3.23. The van der Waals surface area contributed by atoms with Gasteiger partial charge in [0.1, 0.15) is 5.75 Å². The summed E-state index contributed by atoms with van der Waals surface area (Å²) in [6, 6.07) is 4.44. The van der Waals surface area contributed by atoms with Gasteiger partial charge in [-0.15, -0.1) is 0 Å². The summed E-state index contributed by atoms with van der Waals surface area (Å²) >= 11 is 0. The Bertz CT molecular complexity index is 357. The van der Waals surface area contributed by atoms with Gasteiger partial charge >= 0.3 is 5.97 Å². The van der Waals surface area contributed by atoms with Crippen LogP contribution in [0.4, 0.5) is 0 Å². The molecule has 1 aromatic carbocycles. The standard InChI is InChI=1S/C10H10O4/c1-2-7-5-8(14-6-11)3-4-9(7)10(12)13/h3-6H,2H2,1H3,(H,12,13). The number of rotatable bonds is 4. The van der Waals surface area contributed by atoms with Gasteiger partial charge in [0.05, 0.1) is 5.56 Å². The van der Waals surface area contributed by atoms with Crippen LogP contribution in [-0.2, 0) is 11.2 Å². The molecule has 1 aromatic rings. The monoisotopic (exact) mass is 194 g/mol. The molecule has 0 aliphatic carbocycles. The van der Waals surface area contributed by atoms with Crippen LogP contribution in [0.2, 0.25) is 0 Å². The molecule has 4 heteroatoms. The van der Waals surface area contributed by atoms with Crippen molar-refractivity contribution in [3.05, 3.63) is 29.3 Å². The van der Waals surface area contributed by atoms with E-state index in [1.54, 1.807) is 6.07 Å². The molecule has 0 atom stereocenters. The van der Waals surface area contributed by atoms with Crippen molar-refractivity contribution in [3.8, 4) is 5.75 Å². The summed E-state index contributed by atoms with van der Waals surface area (Å²) in [5.41, 5.74) is 0.891. The molecule has 0 heterocycles. The van der Waals surface area contributed by atoms with E-state index in [2.05, 4.69) is 4.74 Å². The van der Waals surface area contributed by atoms with E-state index in [-0.39, 0.29) is 5.56 Å². The maximum atomic E-state index is 10.7. The Morgan fingerprint density at radius 1 is 1.57 bits per heavy atom. The third kappa shape index (κ3) is 2.10. The first-order valence-electron chi connectivity index (χ1n) is 4.15. The zero-order valence-corrected chi connectivity index (χ0v) is 7.69. The van der Waals surface area contributed by atoms with E-state index < -0.39 is 5.97 Å². The zero-order chi connectivity index (χ0) is 10.6. The topological polar surface area (TPSA) is 63.6 Å². The second-order valence-corrected chi connectivity index (χ2v) is 2.69. The van der Waals surface area contributed by atoms with Gasteiger partial charge in [-0.05, 0) is 30.2 Å². The van der Waals surface area contributed by atoms with E-state index in [9.17, 15) is 9.59 Å². The smallest absolute Gasteiger partial charge is 0.335 e. The van der Waals surface area contributed by atoms with Crippen molar-refractivity contribution in [3.63, 3.8) is 0 Å². The molecule has 14 heavy (non-hydrogen) atoms. The molecule has 0 bridgehead atoms. The van der Waals surface area contributed by atoms with E-state index in [4.69, 9.17) is 5.11 Å². The van der Waals surface area contributed by atoms with Crippen LogP contribution in [0.5, 0.6) is 5.75 Å². The van der Waals surface area contributed by atoms with Gasteiger partial charge in [0.15, 0.2) is 0 Å². The van der Waals surface area contributed by atoms with Crippen molar-refractivity contribution >= 4 is 12.4 Å². The summed E-state index contributed by atoms with van der Waals surface area (Å²) in [6.07, 6.45) is 0.581. The van der Waals surface area contributed by atoms with Gasteiger partial charge in [-0.3, -0.25) is 4.79 Å². The maximum Gasteiger partial charge on any atom is 0.335 e. The zero-order valence-electron chi connectivity index (χ0n) is 7.69. The second kappa shape index (κ2) is 4.41. The van der Waals surface area contributed by atoms with Crippen LogP contribution in [0, 0.1) is 0 Å². The number of carboxylic acid groups (broad SMARTS) is 1. The van der Waals surface area contributed by atoms with E-state index in [1.807, 2.05) is 6.92 Å². The SMILES string of the molecule is CCc1cc(OC=O)ccc1C(=O)O. The first kappa shape index (κ1) is 10.2. The molecule has 74 valence electrons. The fourth-order valence-electron chi connectivity index (χ4n) is 1.20. The van der Waals surface area contributed by atoms with Crippen molar-refractivity contribution in [1.82, 2.24) is 0 Å². The van der Waals surface area contributed by atoms with Crippen LogP contribution >= 0.6 is 0 Å². The minimum Gasteiger partial charge on any atom is -0.478 e. The van der Waals surface area contributed by atoms with Crippen LogP contribution in [0.3, 0.4) is 0 Å². The summed E-state index contributed by atoms with van der Waals surface area (Å²) in [7, 11) is 0. The Balaban J connectivity index is 3.10. The number of benzene rings is 1. The fourth-order valence-corrected chi connectivity index (χ4v) is 1.20. The van der Waals surface area contributed by atoms with Gasteiger partial charge in [0.25, 0.3) is 6.47 Å². The number of hydrogen-bond acceptors (Lipinski definition) is 3. The molecule has 1 N–H and O–H groups in total. The van der Waals surface area contributed by atoms with Gasteiger partial charge in [-0.25, -0.2) is 4.79 Å². The molecule has 4 nitrogen and oxygen atoms in total. The quantitative estimate of drug-likeness (QED) is 0.737. The molecule has 0 radical (unpaired) electrons. The summed E-state index contributed by atoms with van der Waals surface area (Å²) in [4.78, 5) is 20.8. The maximum absolute atomic E-state index is 10.7. The van der Waals surface area contributed by atoms with Crippen molar-refractivity contribution < 1.29 is 19.4 Å². The molecule has 0 unspecified atom stereocenters. The molecule has 0 saturated heterocycles. The number of carboxylic acids is 1. The molecule has 0 saturated carbocycles. The Labute approximate surface area is 81.1 Å². The van der Waals surface area contributed by atoms with Crippen molar-refractivity contribution in [2.45, 2.75) is 13.3 Å². The van der Waals surface area contributed by atoms with Crippen LogP contribution in [0.1, 0.15) is 22.8 Å². The predicted octanol–water partition coefficient (Wildman–Crippen LogP) is 1.48. The fraction of sp³-hybridized carbons (Fsp3) is 0.200. The molecular formula is C10H10O4. The average Bonchev–Trinajstić information content (AvgIpc) is 2.17. The van der Waals surface area contributed by atoms with E-state index >= 15 is 0 Å². The van der Waals surface area contributed by atoms with Crippen molar-refractivity contribution in [2.24, 2.45) is 0 Å². The van der Waals surface area contributed by atoms with Crippen LogP contribution in [0.25, 0.3) is 0 Å². The normalized spacial score (nSPS) is 9.50. The minimum atomic E-state index is -0.973. The summed E-state index contributed by atoms with van der Waals surface area (Å²) in [5.74, 6) is -0.610. The third-order valence-corrected chi connectivity index (χ3v) is 1.87. The van der Waals surface area contributed by atoms with Crippen molar-refractivity contribution in [2.75, 3.05) is 0 Å². The van der Waals surface area contributed by atoms with Gasteiger partial charge in [0.2, 0.25) is 0 Å². The molecule has 0 amide bonds. The molecule has 0 aliphatic heterocycles. The number of hydrogen-bond donors (Lipinski definition) is 1. The van der Waals surface area contributed by atoms with Gasteiger partial charge < -0.3 is 9.84 Å². The third-order valence-electron chi connectivity index (χ3n) is 1.87. The van der Waals surface area contributed by atoms with Crippen LogP contribution < -0.4 is 4.74 Å². The molecule has 0 fully saturated rings. The minimum absolute atomic E-state index is 0.241. The highest BCUT2D eigenvalue weighted by atomic mass is 16.5. The highest BCUT2D eigenvalue weighted by Crippen LogP contribution is 2.18. The van der Waals surface area contributed by atoms with Gasteiger partial charge in [-0.1, -0.05) is 6.92 Å². The molecule has 1 rings (SSSR count). The van der Waals surface area contributed by atoms with Crippen molar-refractivity contribution in [1.29, 1.82) is 0 Å². The lowest BCUT2D eigenvalue weighted by atomic mass is 10.1. The largest absolute Gasteiger partial charge is 0.478 e. The van der Waals surface area contributed by atoms with Gasteiger partial charge in [0, 0.05) is 0 Å². The number of aromatic carboxylic acids is 1. The lowest BCUT2D eigenvalue weighted by Gasteiger charge is -2.04. The Hall–Kier alpha value is -1.84. The predicted molar refractivity (Wildman–Crippen MR) is 49.5 cm³/mol. The van der Waals surface area contributed by atoms with Gasteiger partial charge in [-0.2, -0.15) is 0 Å². The number of carbonyl (C=O) groups is 2. The first-order chi connectivity index (χ1) is 6.69. The number of aryl methyl sites for hydroxylation is 1. The Morgan fingerprint density at radius 2 is 2.29 bits per heavy atom. The number of carbonyl (C=O) groups excluding carboxylic acids is 1. The molecule has 0 aromatic heterocycles. The van der Waals surface area contributed by atoms with E-state index in [0.717, 1.165) is 0 Å². The molecular weight excluding hydrogens is 184 g/mol. The van der Waals surface area contributed by atoms with E-state index in [0.29, 0.717) is 24.2 Å². The molecule has 0 spiro atoms. The summed E-state index contributed by atoms with van der Waals surface area (Å²) < 4.78 is 4.61. The van der Waals surface area contributed by atoms with Crippen LogP contribution in [0.15, 0.2) is 18.2 Å². The lowest BCUT2D eigenvalue weighted by Crippen LogP contribution is -2.02. The first-order valence-corrected chi connectivity index (χ1v) is 4.15. The average molecular weight is 194 g/mol. The second-order valence-electron chi connectivity index (χ2n) is 2.69. The summed E-state index contributed by atoms with van der Waals surface area (Å²) in [5, 5.41) is 8.81. The molecule has 0 aliphatic rings. The van der Waals surface area contributed by atoms with Crippen LogP contribution in [-0.4, -0.2) is 17.5 Å². The Morgan fingerprint density at radius 3 is 2.79 bits per heavy atom. The van der Waals surface area contributed by atoms with E-state index in [1.165, 1.54) is 12.1 Å². The highest BCUT2D eigenvalue weighted by molar-refractivity contribution is 5.89. The lowest BCUT2D eigenvalue weighted by molar-refractivity contribution is -0.120. The highest BCUT2D eigenvalue weighted by Gasteiger charge is 2.09. The number of ether oxygens (including phenoxy) is 1. The summed E-state index contributed by atoms with van der Waals surface area (Å²) in [6.45, 7) is 2.15.